The van der Waals surface area contributed by atoms with Gasteiger partial charge in [-0.15, -0.1) is 0 Å². The molecule has 21 heavy (non-hydrogen) atoms. The molecular formula is C18H26N2O. The largest absolute Gasteiger partial charge is 0.381 e. The number of imidazole rings is 1. The molecule has 2 rings (SSSR count). The molecule has 0 spiro atoms. The summed E-state index contributed by atoms with van der Waals surface area (Å²) in [6, 6.07) is 6.61. The van der Waals surface area contributed by atoms with Crippen LogP contribution in [0.3, 0.4) is 0 Å². The van der Waals surface area contributed by atoms with Gasteiger partial charge in [-0.25, -0.2) is 0 Å². The Kier molecular flexibility index (Phi) is 5.18. The molecule has 3 nitrogen and oxygen atoms in total. The summed E-state index contributed by atoms with van der Waals surface area (Å²) in [5.74, 6) is 0.976. The number of ether oxygens (including phenoxy) is 1. The zero-order valence-corrected chi connectivity index (χ0v) is 13.8. The van der Waals surface area contributed by atoms with E-state index in [0.717, 1.165) is 6.54 Å². The van der Waals surface area contributed by atoms with Gasteiger partial charge in [-0.2, -0.15) is 0 Å². The van der Waals surface area contributed by atoms with Crippen LogP contribution in [0, 0.1) is 6.33 Å². The van der Waals surface area contributed by atoms with Crippen molar-refractivity contribution in [3.63, 3.8) is 0 Å². The Morgan fingerprint density at radius 1 is 1.14 bits per heavy atom. The van der Waals surface area contributed by atoms with Gasteiger partial charge in [0.15, 0.2) is 0 Å². The van der Waals surface area contributed by atoms with Crippen molar-refractivity contribution in [2.45, 2.75) is 46.1 Å². The zero-order chi connectivity index (χ0) is 15.4. The molecule has 1 aromatic carbocycles. The highest BCUT2D eigenvalue weighted by Crippen LogP contribution is 2.30. The highest BCUT2D eigenvalue weighted by molar-refractivity contribution is 5.50. The average Bonchev–Trinajstić information content (AvgIpc) is 2.92. The van der Waals surface area contributed by atoms with Crippen LogP contribution in [-0.2, 0) is 11.3 Å². The zero-order valence-electron chi connectivity index (χ0n) is 13.8. The van der Waals surface area contributed by atoms with E-state index in [9.17, 15) is 0 Å². The minimum atomic E-state index is 0.488. The van der Waals surface area contributed by atoms with Crippen molar-refractivity contribution >= 4 is 0 Å². The maximum absolute atomic E-state index is 5.13. The Bertz CT molecular complexity index is 558. The number of benzene rings is 1. The first-order chi connectivity index (χ1) is 10.0. The Balaban J connectivity index is 2.47. The van der Waals surface area contributed by atoms with Crippen molar-refractivity contribution in [3.05, 3.63) is 48.0 Å². The number of aromatic nitrogens is 2. The summed E-state index contributed by atoms with van der Waals surface area (Å²) in [6.45, 7) is 10.5. The van der Waals surface area contributed by atoms with Crippen LogP contribution in [0.25, 0.3) is 5.69 Å². The molecular weight excluding hydrogens is 260 g/mol. The highest BCUT2D eigenvalue weighted by Gasteiger charge is 2.14. The minimum Gasteiger partial charge on any atom is -0.381 e. The molecule has 1 aromatic heterocycles. The monoisotopic (exact) mass is 286 g/mol. The van der Waals surface area contributed by atoms with Crippen LogP contribution in [0.2, 0.25) is 0 Å². The second kappa shape index (κ2) is 6.90. The van der Waals surface area contributed by atoms with Gasteiger partial charge in [0.25, 0.3) is 0 Å². The molecule has 3 heteroatoms. The van der Waals surface area contributed by atoms with Gasteiger partial charge in [-0.3, -0.25) is 0 Å². The topological polar surface area (TPSA) is 18.0 Å². The molecule has 0 fully saturated rings. The van der Waals surface area contributed by atoms with Crippen LogP contribution in [0.5, 0.6) is 0 Å². The van der Waals surface area contributed by atoms with E-state index in [1.807, 2.05) is 4.57 Å². The molecule has 1 heterocycles. The van der Waals surface area contributed by atoms with Gasteiger partial charge in [0.05, 0.1) is 18.8 Å². The summed E-state index contributed by atoms with van der Waals surface area (Å²) in [4.78, 5) is 0. The lowest BCUT2D eigenvalue weighted by molar-refractivity contribution is -0.701. The lowest BCUT2D eigenvalue weighted by Crippen LogP contribution is -2.34. The summed E-state index contributed by atoms with van der Waals surface area (Å²) in [6.07, 6.45) is 7.55. The Morgan fingerprint density at radius 2 is 1.76 bits per heavy atom. The predicted molar refractivity (Wildman–Crippen MR) is 84.9 cm³/mol. The molecule has 0 aliphatic carbocycles. The Hall–Kier alpha value is -1.61. The average molecular weight is 286 g/mol. The summed E-state index contributed by atoms with van der Waals surface area (Å²) in [7, 11) is 1.72. The smallest absolute Gasteiger partial charge is 0.243 e. The van der Waals surface area contributed by atoms with E-state index in [0.29, 0.717) is 18.4 Å². The van der Waals surface area contributed by atoms with Crippen LogP contribution in [-0.4, -0.2) is 18.3 Å². The third-order valence-electron chi connectivity index (χ3n) is 3.75. The van der Waals surface area contributed by atoms with E-state index in [4.69, 9.17) is 4.74 Å². The molecule has 0 aliphatic rings. The molecule has 0 radical (unpaired) electrons. The van der Waals surface area contributed by atoms with E-state index >= 15 is 0 Å². The fourth-order valence-electron chi connectivity index (χ4n) is 2.58. The SMILES string of the molecule is COCC[n+]1[c-]n(-c2c(C(C)C)cccc2C(C)C)cc1. The van der Waals surface area contributed by atoms with Crippen molar-refractivity contribution < 1.29 is 9.30 Å². The van der Waals surface area contributed by atoms with Gasteiger partial charge >= 0.3 is 0 Å². The summed E-state index contributed by atoms with van der Waals surface area (Å²) >= 11 is 0. The minimum absolute atomic E-state index is 0.488. The fourth-order valence-corrected chi connectivity index (χ4v) is 2.58. The first-order valence-electron chi connectivity index (χ1n) is 7.66. The third kappa shape index (κ3) is 3.53. The molecule has 114 valence electrons. The van der Waals surface area contributed by atoms with Crippen molar-refractivity contribution in [1.29, 1.82) is 0 Å². The van der Waals surface area contributed by atoms with Crippen LogP contribution >= 0.6 is 0 Å². The standard InChI is InChI=1S/C18H26N2O/c1-14(2)16-7-6-8-17(15(3)4)18(16)20-10-9-19(13-20)11-12-21-5/h6-10,14-15H,11-12H2,1-5H3. The first kappa shape index (κ1) is 15.8. The third-order valence-corrected chi connectivity index (χ3v) is 3.75. The first-order valence-corrected chi connectivity index (χ1v) is 7.66. The highest BCUT2D eigenvalue weighted by atomic mass is 16.5. The van der Waals surface area contributed by atoms with E-state index in [-0.39, 0.29) is 0 Å². The van der Waals surface area contributed by atoms with Gasteiger partial charge in [-0.1, -0.05) is 45.9 Å². The number of hydrogen-bond donors (Lipinski definition) is 0. The van der Waals surface area contributed by atoms with Crippen LogP contribution in [0.4, 0.5) is 0 Å². The van der Waals surface area contributed by atoms with Crippen LogP contribution in [0.15, 0.2) is 30.6 Å². The lowest BCUT2D eigenvalue weighted by Gasteiger charge is -2.20. The molecule has 0 saturated heterocycles. The molecule has 0 N–H and O–H groups in total. The van der Waals surface area contributed by atoms with Gasteiger partial charge in [0.1, 0.15) is 0 Å². The van der Waals surface area contributed by atoms with Crippen LogP contribution < -0.4 is 4.57 Å². The summed E-state index contributed by atoms with van der Waals surface area (Å²) < 4.78 is 9.31. The second-order valence-electron chi connectivity index (χ2n) is 6.05. The second-order valence-corrected chi connectivity index (χ2v) is 6.05. The summed E-state index contributed by atoms with van der Waals surface area (Å²) in [5.41, 5.74) is 4.01. The quantitative estimate of drug-likeness (QED) is 0.587. The van der Waals surface area contributed by atoms with Crippen molar-refractivity contribution in [2.24, 2.45) is 0 Å². The van der Waals surface area contributed by atoms with E-state index in [1.54, 1.807) is 7.11 Å². The maximum Gasteiger partial charge on any atom is 0.243 e. The Morgan fingerprint density at radius 3 is 2.29 bits per heavy atom. The van der Waals surface area contributed by atoms with Crippen molar-refractivity contribution in [2.75, 3.05) is 13.7 Å². The number of para-hydroxylation sites is 1. The number of methoxy groups -OCH3 is 1. The molecule has 0 bridgehead atoms. The fraction of sp³-hybridized carbons (Fsp3) is 0.500. The normalized spacial score (nSPS) is 11.6. The number of rotatable bonds is 6. The van der Waals surface area contributed by atoms with Crippen molar-refractivity contribution in [3.8, 4) is 5.69 Å². The molecule has 0 unspecified atom stereocenters. The van der Waals surface area contributed by atoms with Crippen LogP contribution in [0.1, 0.15) is 50.7 Å². The predicted octanol–water partition coefficient (Wildman–Crippen LogP) is 3.46. The lowest BCUT2D eigenvalue weighted by atomic mass is 9.92. The van der Waals surface area contributed by atoms with Gasteiger partial charge in [0.2, 0.25) is 6.33 Å². The van der Waals surface area contributed by atoms with Gasteiger partial charge in [0, 0.05) is 19.5 Å². The van der Waals surface area contributed by atoms with E-state index in [2.05, 4.69) is 69.2 Å². The maximum atomic E-state index is 5.13. The molecule has 0 amide bonds. The molecule has 2 aromatic rings. The summed E-state index contributed by atoms with van der Waals surface area (Å²) in [5, 5.41) is 0. The van der Waals surface area contributed by atoms with Gasteiger partial charge < -0.3 is 13.9 Å². The number of hydrogen-bond acceptors (Lipinski definition) is 1. The van der Waals surface area contributed by atoms with Crippen molar-refractivity contribution in [1.82, 2.24) is 4.57 Å². The Labute approximate surface area is 128 Å². The molecule has 0 saturated carbocycles. The van der Waals surface area contributed by atoms with Gasteiger partial charge in [-0.05, 0) is 23.0 Å². The molecule has 0 aliphatic heterocycles. The number of nitrogens with zero attached hydrogens (tertiary/aromatic N) is 2. The molecule has 0 atom stereocenters. The van der Waals surface area contributed by atoms with E-state index < -0.39 is 0 Å². The van der Waals surface area contributed by atoms with E-state index in [1.165, 1.54) is 16.8 Å².